The molecule has 19 heteroatoms. The second-order valence-electron chi connectivity index (χ2n) is 17.9. The number of nitrogens with one attached hydrogen (secondary N) is 3. The lowest BCUT2D eigenvalue weighted by atomic mass is 9.86. The number of carboxylic acids is 1. The Hall–Kier alpha value is -6.64. The average Bonchev–Trinajstić information content (AvgIpc) is 3.28. The van der Waals surface area contributed by atoms with E-state index in [1.165, 1.54) is 44.3 Å². The zero-order valence-electron chi connectivity index (χ0n) is 39.9. The molecule has 0 saturated heterocycles. The van der Waals surface area contributed by atoms with Crippen LogP contribution < -0.4 is 42.6 Å². The Labute approximate surface area is 396 Å². The highest BCUT2D eigenvalue weighted by Gasteiger charge is 2.37. The number of carbonyl (C=O) groups is 5. The number of carbonyl (C=O) groups excluding carboxylic acids is 4. The van der Waals surface area contributed by atoms with E-state index in [9.17, 15) is 44.4 Å². The molecule has 0 radical (unpaired) electrons. The van der Waals surface area contributed by atoms with Gasteiger partial charge in [-0.1, -0.05) is 63.3 Å². The molecule has 4 amide bonds. The molecule has 0 fully saturated rings. The highest BCUT2D eigenvalue weighted by atomic mass is 16.5. The summed E-state index contributed by atoms with van der Waals surface area (Å²) in [6.07, 6.45) is -2.55. The Balaban J connectivity index is 1.86. The van der Waals surface area contributed by atoms with Crippen molar-refractivity contribution in [3.63, 3.8) is 0 Å². The van der Waals surface area contributed by atoms with Crippen LogP contribution in [0.1, 0.15) is 76.8 Å². The smallest absolute Gasteiger partial charge is 0.326 e. The number of amides is 4. The Morgan fingerprint density at radius 3 is 2.03 bits per heavy atom. The van der Waals surface area contributed by atoms with Gasteiger partial charge in [0.15, 0.2) is 11.5 Å². The maximum atomic E-state index is 14.7. The van der Waals surface area contributed by atoms with E-state index in [1.54, 1.807) is 20.8 Å². The van der Waals surface area contributed by atoms with Crippen LogP contribution in [0.3, 0.4) is 0 Å². The van der Waals surface area contributed by atoms with Crippen LogP contribution >= 0.6 is 0 Å². The fourth-order valence-electron chi connectivity index (χ4n) is 7.36. The van der Waals surface area contributed by atoms with E-state index < -0.39 is 84.9 Å². The van der Waals surface area contributed by atoms with Gasteiger partial charge in [0.25, 0.3) is 5.91 Å². The molecule has 68 heavy (non-hydrogen) atoms. The van der Waals surface area contributed by atoms with Gasteiger partial charge in [0.05, 0.1) is 17.0 Å². The number of hydrogen-bond acceptors (Lipinski definition) is 14. The van der Waals surface area contributed by atoms with Crippen LogP contribution in [0.15, 0.2) is 77.3 Å². The quantitative estimate of drug-likeness (QED) is 0.0682. The first kappa shape index (κ1) is 54.0. The molecule has 1 unspecified atom stereocenters. The standard InChI is InChI=1S/C49H66N8O11/c1-25(2)41(27(4)53-26(3)30-11-13-32(14-12-30)49(6,7)8)45(62)56-38(22-52)47(64)57(9)42-31-18-36(43(60)40(19-31)68-24-34(59)21-51)35-16-29(10-15-39(35)67-23-33(58)20-50)17-37(48(65)66)55-44(61)28(5)54-46(42)63/h10-16,18-19,28,33-34,37-38,42,58-60H,3,17,20-24,50-52H2,1-2,4-9H3,(H,54,63)(H,55,61)(H,56,62)(H,65,66)/t28-,33+,34+,37-,38-,42?/m0/s1. The van der Waals surface area contributed by atoms with Crippen molar-refractivity contribution in [1.29, 1.82) is 0 Å². The van der Waals surface area contributed by atoms with E-state index in [2.05, 4.69) is 48.3 Å². The summed E-state index contributed by atoms with van der Waals surface area (Å²) < 4.78 is 11.8. The number of fused-ring (bicyclic) bond motifs is 5. The van der Waals surface area contributed by atoms with Gasteiger partial charge >= 0.3 is 5.97 Å². The number of carboxylic acid groups (broad SMARTS) is 1. The molecule has 1 aliphatic rings. The number of aliphatic carboxylic acids is 1. The molecular formula is C49H66N8O11. The van der Waals surface area contributed by atoms with Crippen molar-refractivity contribution in [3.8, 4) is 28.4 Å². The fourth-order valence-corrected chi connectivity index (χ4v) is 7.36. The highest BCUT2D eigenvalue weighted by molar-refractivity contribution is 6.22. The Morgan fingerprint density at radius 1 is 0.882 bits per heavy atom. The zero-order chi connectivity index (χ0) is 50.8. The van der Waals surface area contributed by atoms with Crippen LogP contribution in [-0.4, -0.2) is 131 Å². The van der Waals surface area contributed by atoms with Crippen molar-refractivity contribution in [3.05, 3.63) is 94.6 Å². The van der Waals surface area contributed by atoms with Gasteiger partial charge in [-0.05, 0) is 79.6 Å². The minimum absolute atomic E-state index is 0.000997. The molecule has 6 atom stereocenters. The number of aliphatic imine (C=N–C) groups is 1. The Kier molecular flexibility index (Phi) is 18.6. The fraction of sp³-hybridized carbons (Fsp3) is 0.429. The summed E-state index contributed by atoms with van der Waals surface area (Å²) in [4.78, 5) is 75.0. The number of benzene rings is 3. The van der Waals surface area contributed by atoms with Crippen LogP contribution in [0, 0.1) is 0 Å². The molecule has 3 aromatic carbocycles. The van der Waals surface area contributed by atoms with Gasteiger partial charge < -0.3 is 68.0 Å². The summed E-state index contributed by atoms with van der Waals surface area (Å²) in [6.45, 7) is 15.3. The number of aliphatic hydroxyl groups excluding tert-OH is 2. The lowest BCUT2D eigenvalue weighted by molar-refractivity contribution is -0.143. The minimum Gasteiger partial charge on any atom is -0.504 e. The van der Waals surface area contributed by atoms with Crippen molar-refractivity contribution in [1.82, 2.24) is 20.9 Å². The summed E-state index contributed by atoms with van der Waals surface area (Å²) in [6, 6.07) is 8.93. The lowest BCUT2D eigenvalue weighted by Gasteiger charge is -2.32. The van der Waals surface area contributed by atoms with Crippen LogP contribution in [-0.2, 0) is 35.8 Å². The first-order valence-corrected chi connectivity index (χ1v) is 22.1. The first-order chi connectivity index (χ1) is 31.9. The molecule has 0 spiro atoms. The van der Waals surface area contributed by atoms with E-state index in [4.69, 9.17) is 26.7 Å². The third kappa shape index (κ3) is 13.5. The minimum atomic E-state index is -1.67. The molecule has 0 aromatic heterocycles. The molecule has 4 bridgehead atoms. The lowest BCUT2D eigenvalue weighted by Crippen LogP contribution is -2.56. The predicted octanol–water partition coefficient (Wildman–Crippen LogP) is 1.79. The molecule has 1 aliphatic heterocycles. The molecule has 19 nitrogen and oxygen atoms in total. The number of nitrogens with two attached hydrogens (primary N) is 3. The molecule has 13 N–H and O–H groups in total. The second kappa shape index (κ2) is 23.4. The number of nitrogens with zero attached hydrogens (tertiary/aromatic N) is 2. The van der Waals surface area contributed by atoms with Crippen molar-refractivity contribution in [2.75, 3.05) is 39.9 Å². The van der Waals surface area contributed by atoms with Crippen molar-refractivity contribution in [2.45, 2.75) is 96.7 Å². The summed E-state index contributed by atoms with van der Waals surface area (Å²) in [5.41, 5.74) is 21.1. The first-order valence-electron chi connectivity index (χ1n) is 22.1. The number of hydrogen-bond donors (Lipinski definition) is 10. The number of aromatic hydroxyl groups is 1. The van der Waals surface area contributed by atoms with Gasteiger partial charge in [-0.3, -0.25) is 24.2 Å². The van der Waals surface area contributed by atoms with Crippen molar-refractivity contribution >= 4 is 41.0 Å². The largest absolute Gasteiger partial charge is 0.504 e. The van der Waals surface area contributed by atoms with E-state index in [0.717, 1.165) is 16.0 Å². The van der Waals surface area contributed by atoms with Gasteiger partial charge in [-0.15, -0.1) is 0 Å². The molecule has 4 rings (SSSR count). The van der Waals surface area contributed by atoms with Gasteiger partial charge in [0.2, 0.25) is 17.7 Å². The molecule has 1 heterocycles. The van der Waals surface area contributed by atoms with Crippen LogP contribution in [0.4, 0.5) is 0 Å². The van der Waals surface area contributed by atoms with Crippen molar-refractivity contribution < 1.29 is 53.9 Å². The van der Waals surface area contributed by atoms with E-state index in [0.29, 0.717) is 22.5 Å². The third-order valence-corrected chi connectivity index (χ3v) is 11.3. The Bertz CT molecular complexity index is 2420. The topological polar surface area (TPSA) is 314 Å². The Morgan fingerprint density at radius 2 is 1.49 bits per heavy atom. The number of likely N-dealkylation sites (N-methyl/N-ethyl adjacent to an activating group) is 1. The van der Waals surface area contributed by atoms with Gasteiger partial charge in [0.1, 0.15) is 55.3 Å². The van der Waals surface area contributed by atoms with Gasteiger partial charge in [0, 0.05) is 44.2 Å². The second-order valence-corrected chi connectivity index (χ2v) is 17.9. The third-order valence-electron chi connectivity index (χ3n) is 11.3. The van der Waals surface area contributed by atoms with Gasteiger partial charge in [-0.2, -0.15) is 0 Å². The maximum Gasteiger partial charge on any atom is 0.326 e. The monoisotopic (exact) mass is 942 g/mol. The van der Waals surface area contributed by atoms with Crippen LogP contribution in [0.2, 0.25) is 0 Å². The molecule has 0 saturated carbocycles. The summed E-state index contributed by atoms with van der Waals surface area (Å²) in [5.74, 6) is -5.46. The van der Waals surface area contributed by atoms with Crippen LogP contribution in [0.25, 0.3) is 16.8 Å². The maximum absolute atomic E-state index is 14.7. The number of aliphatic hydroxyl groups is 2. The number of ether oxygens (including phenoxy) is 2. The van der Waals surface area contributed by atoms with Crippen molar-refractivity contribution in [2.24, 2.45) is 22.2 Å². The zero-order valence-corrected chi connectivity index (χ0v) is 39.9. The molecule has 0 aliphatic carbocycles. The normalized spacial score (nSPS) is 17.8. The van der Waals surface area contributed by atoms with E-state index in [1.807, 2.05) is 24.3 Å². The van der Waals surface area contributed by atoms with Gasteiger partial charge in [-0.25, -0.2) is 4.79 Å². The molecule has 368 valence electrons. The number of phenols is 1. The van der Waals surface area contributed by atoms with Crippen LogP contribution in [0.5, 0.6) is 17.2 Å². The molecule has 3 aromatic rings. The predicted molar refractivity (Wildman–Crippen MR) is 258 cm³/mol. The SMILES string of the molecule is C=C(N=C(C)C(C(=O)N[C@@H](CN)C(=O)N(C)C1C(=O)N[C@@H](C)C(=O)N[C@H](C(=O)O)Cc2ccc(OC[C@H](O)CN)c(c2)-c2cc1cc(OC[C@H](O)CN)c2O)=C(C)C)c1ccc(C(C)(C)C)cc1. The highest BCUT2D eigenvalue weighted by Crippen LogP contribution is 2.45. The number of allylic oxidation sites excluding steroid dienone is 1. The average molecular weight is 943 g/mol. The summed E-state index contributed by atoms with van der Waals surface area (Å²) in [5, 5.41) is 50.4. The van der Waals surface area contributed by atoms with E-state index in [-0.39, 0.29) is 65.3 Å². The van der Waals surface area contributed by atoms with E-state index >= 15 is 0 Å². The summed E-state index contributed by atoms with van der Waals surface area (Å²) in [7, 11) is 1.27. The molecular weight excluding hydrogens is 877 g/mol. The summed E-state index contributed by atoms with van der Waals surface area (Å²) >= 11 is 0. The number of rotatable bonds is 17. The number of phenolic OH excluding ortho intramolecular Hbond substituents is 1.